The molecule has 0 spiro atoms. The summed E-state index contributed by atoms with van der Waals surface area (Å²) in [4.78, 5) is 23.7. The Morgan fingerprint density at radius 1 is 1.53 bits per heavy atom. The van der Waals surface area contributed by atoms with Crippen molar-refractivity contribution in [3.63, 3.8) is 0 Å². The van der Waals surface area contributed by atoms with E-state index in [4.69, 9.17) is 11.0 Å². The number of rotatable bonds is 2. The normalized spacial score (nSPS) is 15.6. The van der Waals surface area contributed by atoms with Crippen molar-refractivity contribution in [1.82, 2.24) is 4.90 Å². The van der Waals surface area contributed by atoms with Gasteiger partial charge in [-0.3, -0.25) is 9.69 Å². The van der Waals surface area contributed by atoms with Crippen molar-refractivity contribution in [3.05, 3.63) is 41.1 Å². The van der Waals surface area contributed by atoms with Crippen LogP contribution in [0.3, 0.4) is 0 Å². The van der Waals surface area contributed by atoms with E-state index in [1.165, 1.54) is 18.2 Å². The summed E-state index contributed by atoms with van der Waals surface area (Å²) in [6.07, 6.45) is 0.460. The Hall–Kier alpha value is -2.42. The van der Waals surface area contributed by atoms with Gasteiger partial charge in [-0.15, -0.1) is 0 Å². The molecule has 1 aromatic carbocycles. The smallest absolute Gasteiger partial charge is 0.321 e. The Kier molecular flexibility index (Phi) is 3.47. The van der Waals surface area contributed by atoms with Gasteiger partial charge < -0.3 is 5.73 Å². The zero-order valence-corrected chi connectivity index (χ0v) is 10.0. The van der Waals surface area contributed by atoms with E-state index in [2.05, 4.69) is 0 Å². The molecule has 0 aliphatic carbocycles. The van der Waals surface area contributed by atoms with Crippen molar-refractivity contribution in [2.75, 3.05) is 6.54 Å². The van der Waals surface area contributed by atoms with Gasteiger partial charge in [0.1, 0.15) is 5.82 Å². The van der Waals surface area contributed by atoms with Crippen LogP contribution in [0.4, 0.5) is 9.18 Å². The van der Waals surface area contributed by atoms with Crippen LogP contribution in [0.25, 0.3) is 0 Å². The van der Waals surface area contributed by atoms with E-state index in [0.717, 1.165) is 4.90 Å². The summed E-state index contributed by atoms with van der Waals surface area (Å²) in [6.45, 7) is 0.225. The molecule has 0 unspecified atom stereocenters. The number of urea groups is 1. The Balaban J connectivity index is 2.17. The fourth-order valence-corrected chi connectivity index (χ4v) is 2.03. The first-order chi connectivity index (χ1) is 9.02. The van der Waals surface area contributed by atoms with Crippen LogP contribution < -0.4 is 5.73 Å². The van der Waals surface area contributed by atoms with Gasteiger partial charge in [0, 0.05) is 6.54 Å². The molecule has 97 valence electrons. The first-order valence-corrected chi connectivity index (χ1v) is 5.67. The molecule has 1 saturated heterocycles. The second-order valence-corrected chi connectivity index (χ2v) is 4.24. The largest absolute Gasteiger partial charge is 0.351 e. The predicted molar refractivity (Wildman–Crippen MR) is 64.0 cm³/mol. The summed E-state index contributed by atoms with van der Waals surface area (Å²) in [5.41, 5.74) is 5.65. The van der Waals surface area contributed by atoms with Crippen molar-refractivity contribution in [3.8, 4) is 6.07 Å². The highest BCUT2D eigenvalue weighted by atomic mass is 19.1. The number of carbonyl (C=O) groups is 2. The van der Waals surface area contributed by atoms with Crippen molar-refractivity contribution in [1.29, 1.82) is 5.26 Å². The van der Waals surface area contributed by atoms with Crippen LogP contribution in [0.1, 0.15) is 17.5 Å². The number of nitrogens with zero attached hydrogens (tertiary/aromatic N) is 2. The predicted octanol–water partition coefficient (Wildman–Crippen LogP) is 1.13. The zero-order valence-electron chi connectivity index (χ0n) is 10.0. The summed E-state index contributed by atoms with van der Waals surface area (Å²) in [5, 5.41) is 8.77. The minimum atomic E-state index is -0.800. The summed E-state index contributed by atoms with van der Waals surface area (Å²) in [7, 11) is 0. The number of likely N-dealkylation sites (tertiary alicyclic amines) is 1. The van der Waals surface area contributed by atoms with Crippen molar-refractivity contribution < 1.29 is 14.0 Å². The lowest BCUT2D eigenvalue weighted by molar-refractivity contribution is -0.123. The average molecular weight is 260 g/mol. The highest BCUT2D eigenvalue weighted by Crippen LogP contribution is 2.25. The maximum absolute atomic E-state index is 13.6. The number of carbonyl (C=O) groups excluding carboxylic acids is 2. The first kappa shape index (κ1) is 13.0. The molecule has 2 N–H and O–H groups in total. The van der Waals surface area contributed by atoms with Gasteiger partial charge in [-0.1, -0.05) is 0 Å². The number of nitrogens with two attached hydrogens (primary N) is 1. The van der Waals surface area contributed by atoms with E-state index in [1.807, 2.05) is 6.07 Å². The van der Waals surface area contributed by atoms with Crippen molar-refractivity contribution in [2.24, 2.45) is 5.73 Å². The molecular formula is C13H11FN3O2. The van der Waals surface area contributed by atoms with E-state index in [9.17, 15) is 14.0 Å². The van der Waals surface area contributed by atoms with E-state index < -0.39 is 17.8 Å². The lowest BCUT2D eigenvalue weighted by Crippen LogP contribution is -2.37. The van der Waals surface area contributed by atoms with Gasteiger partial charge in [-0.25, -0.2) is 9.18 Å². The lowest BCUT2D eigenvalue weighted by atomic mass is 9.96. The molecule has 0 aromatic heterocycles. The maximum atomic E-state index is 13.6. The number of primary amides is 1. The van der Waals surface area contributed by atoms with Crippen LogP contribution in [0.15, 0.2) is 18.2 Å². The van der Waals surface area contributed by atoms with Gasteiger partial charge in [-0.05, 0) is 36.6 Å². The summed E-state index contributed by atoms with van der Waals surface area (Å²) < 4.78 is 13.6. The van der Waals surface area contributed by atoms with E-state index >= 15 is 0 Å². The fraction of sp³-hybridized carbons (Fsp3) is 0.231. The van der Waals surface area contributed by atoms with Crippen LogP contribution in [0.2, 0.25) is 0 Å². The molecule has 1 aromatic rings. The van der Waals surface area contributed by atoms with E-state index in [0.29, 0.717) is 17.9 Å². The van der Waals surface area contributed by atoms with Gasteiger partial charge in [0.25, 0.3) is 0 Å². The monoisotopic (exact) mass is 260 g/mol. The number of hydrogen-bond acceptors (Lipinski definition) is 3. The lowest BCUT2D eigenvalue weighted by Gasteiger charge is -2.11. The highest BCUT2D eigenvalue weighted by molar-refractivity contribution is 6.03. The molecule has 6 heteroatoms. The van der Waals surface area contributed by atoms with Crippen LogP contribution in [-0.2, 0) is 11.2 Å². The molecule has 1 aliphatic rings. The van der Waals surface area contributed by atoms with Gasteiger partial charge in [-0.2, -0.15) is 5.26 Å². The Bertz CT molecular complexity index is 580. The highest BCUT2D eigenvalue weighted by Gasteiger charge is 2.35. The topological polar surface area (TPSA) is 87.2 Å². The number of hydrogen-bond donors (Lipinski definition) is 1. The molecule has 0 bridgehead atoms. The number of nitriles is 1. The summed E-state index contributed by atoms with van der Waals surface area (Å²) in [5.74, 6) is -0.515. The third-order valence-corrected chi connectivity index (χ3v) is 3.03. The first-order valence-electron chi connectivity index (χ1n) is 5.67. The molecule has 3 amide bonds. The zero-order chi connectivity index (χ0) is 14.0. The molecule has 19 heavy (non-hydrogen) atoms. The maximum Gasteiger partial charge on any atom is 0.321 e. The number of halogens is 1. The Labute approximate surface area is 109 Å². The second-order valence-electron chi connectivity index (χ2n) is 4.24. The van der Waals surface area contributed by atoms with E-state index in [-0.39, 0.29) is 18.5 Å². The molecule has 1 heterocycles. The Morgan fingerprint density at radius 3 is 2.84 bits per heavy atom. The quantitative estimate of drug-likeness (QED) is 0.864. The molecule has 1 aliphatic heterocycles. The Morgan fingerprint density at radius 2 is 2.26 bits per heavy atom. The van der Waals surface area contributed by atoms with Gasteiger partial charge in [0.05, 0.1) is 17.6 Å². The molecule has 5 nitrogen and oxygen atoms in total. The summed E-state index contributed by atoms with van der Waals surface area (Å²) >= 11 is 0. The molecule has 0 atom stereocenters. The third-order valence-electron chi connectivity index (χ3n) is 3.03. The van der Waals surface area contributed by atoms with Crippen LogP contribution >= 0.6 is 0 Å². The molecule has 1 radical (unpaired) electrons. The number of benzene rings is 1. The van der Waals surface area contributed by atoms with Crippen LogP contribution in [0.5, 0.6) is 0 Å². The third kappa shape index (κ3) is 2.55. The van der Waals surface area contributed by atoms with E-state index in [1.54, 1.807) is 0 Å². The fourth-order valence-electron chi connectivity index (χ4n) is 2.03. The minimum Gasteiger partial charge on any atom is -0.351 e. The van der Waals surface area contributed by atoms with Gasteiger partial charge >= 0.3 is 6.03 Å². The molecule has 2 rings (SSSR count). The minimum absolute atomic E-state index is 0.0873. The van der Waals surface area contributed by atoms with Crippen LogP contribution in [-0.4, -0.2) is 23.4 Å². The molecule has 0 saturated carbocycles. The SMILES string of the molecule is N#Cc1ccc(F)c(C[C]2CCN(C(N)=O)C2=O)c1. The van der Waals surface area contributed by atoms with Crippen molar-refractivity contribution >= 4 is 11.9 Å². The second kappa shape index (κ2) is 5.06. The molecule has 1 fully saturated rings. The van der Waals surface area contributed by atoms with Crippen molar-refractivity contribution in [2.45, 2.75) is 12.8 Å². The van der Waals surface area contributed by atoms with Crippen LogP contribution in [0, 0.1) is 23.1 Å². The standard InChI is InChI=1S/C13H11FN3O2/c14-11-2-1-8(7-15)5-10(11)6-9-3-4-17(12(9)18)13(16)19/h1-2,5H,3-4,6H2,(H2,16,19). The van der Waals surface area contributed by atoms with Gasteiger partial charge in [0.2, 0.25) is 5.91 Å². The number of imide groups is 1. The summed E-state index contributed by atoms with van der Waals surface area (Å²) in [6, 6.07) is 5.08. The molecular weight excluding hydrogens is 249 g/mol. The van der Waals surface area contributed by atoms with Gasteiger partial charge in [0.15, 0.2) is 0 Å². The number of amides is 3. The average Bonchev–Trinajstić information content (AvgIpc) is 2.74.